The van der Waals surface area contributed by atoms with E-state index >= 15 is 0 Å². The van der Waals surface area contributed by atoms with E-state index in [0.29, 0.717) is 5.41 Å². The second kappa shape index (κ2) is 6.75. The quantitative estimate of drug-likeness (QED) is 0.718. The monoisotopic (exact) mass is 239 g/mol. The van der Waals surface area contributed by atoms with E-state index in [1.54, 1.807) is 7.11 Å². The van der Waals surface area contributed by atoms with Crippen molar-refractivity contribution in [2.24, 2.45) is 11.3 Å². The maximum Gasteiger partial charge on any atom is 0.0587 e. The van der Waals surface area contributed by atoms with Gasteiger partial charge in [-0.15, -0.1) is 0 Å². The van der Waals surface area contributed by atoms with E-state index < -0.39 is 0 Å². The first-order chi connectivity index (χ1) is 8.37. The molecule has 0 aliphatic heterocycles. The van der Waals surface area contributed by atoms with Gasteiger partial charge in [0.25, 0.3) is 0 Å². The molecule has 2 aliphatic rings. The molecular weight excluding hydrogens is 210 g/mol. The molecule has 2 fully saturated rings. The van der Waals surface area contributed by atoms with E-state index in [-0.39, 0.29) is 0 Å². The smallest absolute Gasteiger partial charge is 0.0587 e. The van der Waals surface area contributed by atoms with Crippen LogP contribution in [0.3, 0.4) is 0 Å². The molecule has 2 nitrogen and oxygen atoms in total. The zero-order chi connectivity index (χ0) is 12.0. The Balaban J connectivity index is 1.84. The molecule has 0 saturated heterocycles. The predicted octanol–water partition coefficient (Wildman–Crippen LogP) is 3.36. The molecule has 0 aromatic heterocycles. The lowest BCUT2D eigenvalue weighted by molar-refractivity contribution is 0.114. The Labute approximate surface area is 107 Å². The summed E-state index contributed by atoms with van der Waals surface area (Å²) in [6.07, 6.45) is 13.3. The number of hydrogen-bond acceptors (Lipinski definition) is 2. The summed E-state index contributed by atoms with van der Waals surface area (Å²) in [6, 6.07) is 0. The molecule has 2 rings (SSSR count). The highest BCUT2D eigenvalue weighted by molar-refractivity contribution is 4.93. The van der Waals surface area contributed by atoms with Crippen molar-refractivity contribution in [3.63, 3.8) is 0 Å². The van der Waals surface area contributed by atoms with Gasteiger partial charge in [-0.1, -0.05) is 32.1 Å². The summed E-state index contributed by atoms with van der Waals surface area (Å²) in [5, 5.41) is 3.64. The van der Waals surface area contributed by atoms with Gasteiger partial charge in [0.05, 0.1) is 6.61 Å². The molecule has 17 heavy (non-hydrogen) atoms. The summed E-state index contributed by atoms with van der Waals surface area (Å²) in [4.78, 5) is 0. The molecule has 0 amide bonds. The van der Waals surface area contributed by atoms with Crippen LogP contribution in [0.1, 0.15) is 57.8 Å². The number of ether oxygens (including phenoxy) is 1. The van der Waals surface area contributed by atoms with Gasteiger partial charge in [-0.05, 0) is 37.0 Å². The zero-order valence-electron chi connectivity index (χ0n) is 11.5. The van der Waals surface area contributed by atoms with E-state index in [2.05, 4.69) is 5.32 Å². The Kier molecular flexibility index (Phi) is 5.30. The molecule has 0 heterocycles. The van der Waals surface area contributed by atoms with Crippen LogP contribution in [0.2, 0.25) is 0 Å². The normalized spacial score (nSPS) is 25.2. The molecule has 100 valence electrons. The first-order valence-electron chi connectivity index (χ1n) is 7.57. The fourth-order valence-corrected chi connectivity index (χ4v) is 4.04. The van der Waals surface area contributed by atoms with Crippen LogP contribution in [-0.2, 0) is 4.74 Å². The van der Waals surface area contributed by atoms with Gasteiger partial charge in [-0.2, -0.15) is 0 Å². The molecule has 0 bridgehead atoms. The largest absolute Gasteiger partial charge is 0.383 e. The molecule has 2 heteroatoms. The molecular formula is C15H29NO. The van der Waals surface area contributed by atoms with Crippen LogP contribution in [0, 0.1) is 11.3 Å². The van der Waals surface area contributed by atoms with Crippen molar-refractivity contribution >= 4 is 0 Å². The third-order valence-electron chi connectivity index (χ3n) is 5.03. The van der Waals surface area contributed by atoms with Crippen molar-refractivity contribution in [3.05, 3.63) is 0 Å². The summed E-state index contributed by atoms with van der Waals surface area (Å²) in [6.45, 7) is 3.10. The SMILES string of the molecule is COCCNCC1(C2CCCCC2)CCCC1. The Morgan fingerprint density at radius 2 is 1.76 bits per heavy atom. The molecule has 2 saturated carbocycles. The summed E-state index contributed by atoms with van der Waals surface area (Å²) < 4.78 is 5.12. The number of rotatable bonds is 6. The molecule has 1 N–H and O–H groups in total. The molecule has 0 aromatic carbocycles. The lowest BCUT2D eigenvalue weighted by Crippen LogP contribution is -2.40. The van der Waals surface area contributed by atoms with Crippen molar-refractivity contribution in [1.29, 1.82) is 0 Å². The average molecular weight is 239 g/mol. The topological polar surface area (TPSA) is 21.3 Å². The van der Waals surface area contributed by atoms with Gasteiger partial charge in [0.2, 0.25) is 0 Å². The summed E-state index contributed by atoms with van der Waals surface area (Å²) in [5.41, 5.74) is 0.647. The second-order valence-corrected chi connectivity index (χ2v) is 6.07. The predicted molar refractivity (Wildman–Crippen MR) is 72.2 cm³/mol. The third-order valence-corrected chi connectivity index (χ3v) is 5.03. The van der Waals surface area contributed by atoms with E-state index in [4.69, 9.17) is 4.74 Å². The van der Waals surface area contributed by atoms with Crippen molar-refractivity contribution in [1.82, 2.24) is 5.32 Å². The molecule has 0 unspecified atom stereocenters. The van der Waals surface area contributed by atoms with E-state index in [1.165, 1.54) is 64.3 Å². The number of nitrogens with one attached hydrogen (secondary N) is 1. The van der Waals surface area contributed by atoms with Gasteiger partial charge in [0.15, 0.2) is 0 Å². The van der Waals surface area contributed by atoms with Crippen molar-refractivity contribution < 1.29 is 4.74 Å². The van der Waals surface area contributed by atoms with E-state index in [0.717, 1.165) is 19.1 Å². The summed E-state index contributed by atoms with van der Waals surface area (Å²) in [7, 11) is 1.79. The molecule has 2 aliphatic carbocycles. The van der Waals surface area contributed by atoms with Gasteiger partial charge in [-0.25, -0.2) is 0 Å². The first-order valence-corrected chi connectivity index (χ1v) is 7.57. The zero-order valence-corrected chi connectivity index (χ0v) is 11.5. The van der Waals surface area contributed by atoms with Gasteiger partial charge in [0, 0.05) is 20.2 Å². The van der Waals surface area contributed by atoms with Crippen LogP contribution in [0.25, 0.3) is 0 Å². The second-order valence-electron chi connectivity index (χ2n) is 6.07. The van der Waals surface area contributed by atoms with Crippen LogP contribution in [0.5, 0.6) is 0 Å². The minimum atomic E-state index is 0.647. The van der Waals surface area contributed by atoms with Crippen LogP contribution >= 0.6 is 0 Å². The molecule has 0 spiro atoms. The van der Waals surface area contributed by atoms with Crippen LogP contribution < -0.4 is 5.32 Å². The lowest BCUT2D eigenvalue weighted by Gasteiger charge is -2.40. The van der Waals surface area contributed by atoms with Gasteiger partial charge < -0.3 is 10.1 Å². The lowest BCUT2D eigenvalue weighted by atomic mass is 9.67. The highest BCUT2D eigenvalue weighted by Crippen LogP contribution is 2.49. The third kappa shape index (κ3) is 3.45. The average Bonchev–Trinajstić information content (AvgIpc) is 2.86. The van der Waals surface area contributed by atoms with Gasteiger partial charge >= 0.3 is 0 Å². The highest BCUT2D eigenvalue weighted by atomic mass is 16.5. The Morgan fingerprint density at radius 1 is 1.06 bits per heavy atom. The van der Waals surface area contributed by atoms with Gasteiger partial charge in [0.1, 0.15) is 0 Å². The summed E-state index contributed by atoms with van der Waals surface area (Å²) in [5.74, 6) is 1.01. The fraction of sp³-hybridized carbons (Fsp3) is 1.00. The molecule has 0 atom stereocenters. The van der Waals surface area contributed by atoms with E-state index in [1.807, 2.05) is 0 Å². The number of hydrogen-bond donors (Lipinski definition) is 1. The summed E-state index contributed by atoms with van der Waals surface area (Å²) >= 11 is 0. The minimum absolute atomic E-state index is 0.647. The highest BCUT2D eigenvalue weighted by Gasteiger charge is 2.40. The molecule has 0 radical (unpaired) electrons. The standard InChI is InChI=1S/C15H29NO/c1-17-12-11-16-13-15(9-5-6-10-15)14-7-3-2-4-8-14/h14,16H,2-13H2,1H3. The minimum Gasteiger partial charge on any atom is -0.383 e. The van der Waals surface area contributed by atoms with Crippen molar-refractivity contribution in [2.75, 3.05) is 26.8 Å². The number of methoxy groups -OCH3 is 1. The first kappa shape index (κ1) is 13.4. The van der Waals surface area contributed by atoms with Crippen LogP contribution in [0.4, 0.5) is 0 Å². The van der Waals surface area contributed by atoms with Crippen molar-refractivity contribution in [2.45, 2.75) is 57.8 Å². The fourth-order valence-electron chi connectivity index (χ4n) is 4.04. The Bertz CT molecular complexity index is 205. The van der Waals surface area contributed by atoms with Crippen LogP contribution in [-0.4, -0.2) is 26.8 Å². The Hall–Kier alpha value is -0.0800. The van der Waals surface area contributed by atoms with Crippen molar-refractivity contribution in [3.8, 4) is 0 Å². The van der Waals surface area contributed by atoms with E-state index in [9.17, 15) is 0 Å². The maximum absolute atomic E-state index is 5.12. The van der Waals surface area contributed by atoms with Gasteiger partial charge in [-0.3, -0.25) is 0 Å². The van der Waals surface area contributed by atoms with Crippen LogP contribution in [0.15, 0.2) is 0 Å². The Morgan fingerprint density at radius 3 is 2.41 bits per heavy atom. The molecule has 0 aromatic rings. The maximum atomic E-state index is 5.12.